The highest BCUT2D eigenvalue weighted by atomic mass is 19.1. The van der Waals surface area contributed by atoms with E-state index in [1.54, 1.807) is 46.2 Å². The van der Waals surface area contributed by atoms with Crippen LogP contribution in [0.4, 0.5) is 10.1 Å². The standard InChI is InChI=1S/C25H26FN5O2/c1-25(2,3)19-6-10-22(11-7-19)33-17-30-13-12-23(29-30)24(32)28-21-14-27-31(16-21)15-18-4-8-20(26)9-5-18/h4-14,16H,15,17H2,1-3H3,(H,28,32). The van der Waals surface area contributed by atoms with E-state index in [-0.39, 0.29) is 29.6 Å². The van der Waals surface area contributed by atoms with Crippen LogP contribution in [0.5, 0.6) is 5.75 Å². The van der Waals surface area contributed by atoms with E-state index in [2.05, 4.69) is 36.3 Å². The minimum Gasteiger partial charge on any atom is -0.471 e. The zero-order valence-corrected chi connectivity index (χ0v) is 18.8. The van der Waals surface area contributed by atoms with Crippen molar-refractivity contribution in [1.29, 1.82) is 0 Å². The summed E-state index contributed by atoms with van der Waals surface area (Å²) in [6.07, 6.45) is 4.96. The van der Waals surface area contributed by atoms with Crippen molar-refractivity contribution in [1.82, 2.24) is 19.6 Å². The van der Waals surface area contributed by atoms with Gasteiger partial charge in [0.2, 0.25) is 0 Å². The number of hydrogen-bond donors (Lipinski definition) is 1. The molecule has 4 rings (SSSR count). The zero-order valence-electron chi connectivity index (χ0n) is 18.8. The molecule has 33 heavy (non-hydrogen) atoms. The highest BCUT2D eigenvalue weighted by Crippen LogP contribution is 2.24. The SMILES string of the molecule is CC(C)(C)c1ccc(OCn2ccc(C(=O)Nc3cnn(Cc4ccc(F)cc4)c3)n2)cc1. The molecule has 0 unspecified atom stereocenters. The Kier molecular flexibility index (Phi) is 6.26. The number of benzene rings is 2. The summed E-state index contributed by atoms with van der Waals surface area (Å²) in [6.45, 7) is 7.15. The summed E-state index contributed by atoms with van der Waals surface area (Å²) in [5.41, 5.74) is 3.04. The third-order valence-corrected chi connectivity index (χ3v) is 5.11. The first-order chi connectivity index (χ1) is 15.8. The van der Waals surface area contributed by atoms with Crippen LogP contribution >= 0.6 is 0 Å². The van der Waals surface area contributed by atoms with Crippen molar-refractivity contribution in [2.24, 2.45) is 0 Å². The monoisotopic (exact) mass is 447 g/mol. The molecule has 0 atom stereocenters. The number of nitrogens with zero attached hydrogens (tertiary/aromatic N) is 4. The van der Waals surface area contributed by atoms with Crippen molar-refractivity contribution in [2.45, 2.75) is 39.5 Å². The number of carbonyl (C=O) groups excluding carboxylic acids is 1. The number of hydrogen-bond acceptors (Lipinski definition) is 4. The van der Waals surface area contributed by atoms with Crippen molar-refractivity contribution >= 4 is 11.6 Å². The van der Waals surface area contributed by atoms with Gasteiger partial charge in [0, 0.05) is 12.4 Å². The van der Waals surface area contributed by atoms with Crippen LogP contribution in [0.3, 0.4) is 0 Å². The number of anilines is 1. The minimum absolute atomic E-state index is 0.0836. The first kappa shape index (κ1) is 22.3. The molecule has 0 fully saturated rings. The Bertz CT molecular complexity index is 1220. The number of nitrogens with one attached hydrogen (secondary N) is 1. The Morgan fingerprint density at radius 2 is 1.76 bits per heavy atom. The topological polar surface area (TPSA) is 74.0 Å². The summed E-state index contributed by atoms with van der Waals surface area (Å²) < 4.78 is 22.0. The average Bonchev–Trinajstić information content (AvgIpc) is 3.43. The van der Waals surface area contributed by atoms with E-state index in [0.717, 1.165) is 11.3 Å². The molecule has 1 N–H and O–H groups in total. The van der Waals surface area contributed by atoms with Gasteiger partial charge in [-0.25, -0.2) is 9.07 Å². The van der Waals surface area contributed by atoms with Crippen molar-refractivity contribution in [3.8, 4) is 5.75 Å². The molecular weight excluding hydrogens is 421 g/mol. The molecule has 0 spiro atoms. The zero-order chi connectivity index (χ0) is 23.4. The second-order valence-electron chi connectivity index (χ2n) is 8.80. The van der Waals surface area contributed by atoms with Crippen LogP contribution in [0.15, 0.2) is 73.2 Å². The summed E-state index contributed by atoms with van der Waals surface area (Å²) in [7, 11) is 0. The van der Waals surface area contributed by atoms with Crippen LogP contribution in [0.1, 0.15) is 42.4 Å². The lowest BCUT2D eigenvalue weighted by Gasteiger charge is -2.19. The van der Waals surface area contributed by atoms with Gasteiger partial charge in [-0.1, -0.05) is 45.0 Å². The van der Waals surface area contributed by atoms with Gasteiger partial charge < -0.3 is 10.1 Å². The number of aromatic nitrogens is 4. The summed E-state index contributed by atoms with van der Waals surface area (Å²) >= 11 is 0. The van der Waals surface area contributed by atoms with Gasteiger partial charge in [0.05, 0.1) is 18.4 Å². The van der Waals surface area contributed by atoms with Crippen LogP contribution < -0.4 is 10.1 Å². The van der Waals surface area contributed by atoms with Gasteiger partial charge in [0.1, 0.15) is 11.6 Å². The molecule has 0 saturated carbocycles. The highest BCUT2D eigenvalue weighted by Gasteiger charge is 2.14. The lowest BCUT2D eigenvalue weighted by atomic mass is 9.87. The predicted molar refractivity (Wildman–Crippen MR) is 124 cm³/mol. The van der Waals surface area contributed by atoms with Gasteiger partial charge in [0.15, 0.2) is 12.4 Å². The number of ether oxygens (including phenoxy) is 1. The van der Waals surface area contributed by atoms with Crippen LogP contribution in [-0.2, 0) is 18.7 Å². The Morgan fingerprint density at radius 3 is 2.45 bits per heavy atom. The van der Waals surface area contributed by atoms with E-state index in [1.165, 1.54) is 17.7 Å². The molecule has 1 amide bonds. The molecule has 2 aromatic carbocycles. The van der Waals surface area contributed by atoms with Gasteiger partial charge in [-0.2, -0.15) is 10.2 Å². The maximum absolute atomic E-state index is 13.0. The Balaban J connectivity index is 1.31. The lowest BCUT2D eigenvalue weighted by molar-refractivity contribution is 0.102. The van der Waals surface area contributed by atoms with Crippen molar-refractivity contribution in [2.75, 3.05) is 5.32 Å². The first-order valence-corrected chi connectivity index (χ1v) is 10.6. The summed E-state index contributed by atoms with van der Waals surface area (Å²) in [6, 6.07) is 15.8. The van der Waals surface area contributed by atoms with E-state index in [1.807, 2.05) is 24.3 Å². The van der Waals surface area contributed by atoms with Gasteiger partial charge in [-0.05, 0) is 46.9 Å². The van der Waals surface area contributed by atoms with Crippen LogP contribution in [0.2, 0.25) is 0 Å². The second kappa shape index (κ2) is 9.28. The van der Waals surface area contributed by atoms with E-state index in [0.29, 0.717) is 12.2 Å². The smallest absolute Gasteiger partial charge is 0.276 e. The fourth-order valence-electron chi connectivity index (χ4n) is 3.23. The predicted octanol–water partition coefficient (Wildman–Crippen LogP) is 4.85. The Labute approximate surface area is 191 Å². The van der Waals surface area contributed by atoms with E-state index >= 15 is 0 Å². The fraction of sp³-hybridized carbons (Fsp3) is 0.240. The maximum Gasteiger partial charge on any atom is 0.276 e. The van der Waals surface area contributed by atoms with Gasteiger partial charge in [0.25, 0.3) is 5.91 Å². The van der Waals surface area contributed by atoms with E-state index in [4.69, 9.17) is 4.74 Å². The average molecular weight is 448 g/mol. The number of amides is 1. The molecule has 2 aromatic heterocycles. The third-order valence-electron chi connectivity index (χ3n) is 5.11. The van der Waals surface area contributed by atoms with Crippen LogP contribution in [0.25, 0.3) is 0 Å². The summed E-state index contributed by atoms with van der Waals surface area (Å²) in [5.74, 6) is 0.109. The van der Waals surface area contributed by atoms with Gasteiger partial charge in [-0.15, -0.1) is 0 Å². The normalized spacial score (nSPS) is 11.4. The minimum atomic E-state index is -0.343. The molecule has 0 radical (unpaired) electrons. The van der Waals surface area contributed by atoms with E-state index < -0.39 is 0 Å². The highest BCUT2D eigenvalue weighted by molar-refractivity contribution is 6.02. The van der Waals surface area contributed by atoms with Crippen molar-refractivity contribution in [3.05, 3.63) is 95.8 Å². The molecule has 2 heterocycles. The molecule has 0 bridgehead atoms. The van der Waals surface area contributed by atoms with Crippen LogP contribution in [0, 0.1) is 5.82 Å². The Morgan fingerprint density at radius 1 is 1.03 bits per heavy atom. The fourth-order valence-corrected chi connectivity index (χ4v) is 3.23. The number of rotatable bonds is 7. The largest absolute Gasteiger partial charge is 0.471 e. The maximum atomic E-state index is 13.0. The molecular formula is C25H26FN5O2. The molecule has 0 aliphatic carbocycles. The molecule has 7 nitrogen and oxygen atoms in total. The molecule has 0 aliphatic rings. The van der Waals surface area contributed by atoms with Gasteiger partial charge >= 0.3 is 0 Å². The Hall–Kier alpha value is -3.94. The molecule has 0 aliphatic heterocycles. The quantitative estimate of drug-likeness (QED) is 0.439. The molecule has 0 saturated heterocycles. The molecule has 170 valence electrons. The van der Waals surface area contributed by atoms with E-state index in [9.17, 15) is 9.18 Å². The van der Waals surface area contributed by atoms with Crippen molar-refractivity contribution < 1.29 is 13.9 Å². The van der Waals surface area contributed by atoms with Gasteiger partial charge in [-0.3, -0.25) is 9.48 Å². The lowest BCUT2D eigenvalue weighted by Crippen LogP contribution is -2.14. The summed E-state index contributed by atoms with van der Waals surface area (Å²) in [5, 5.41) is 11.3. The first-order valence-electron chi connectivity index (χ1n) is 10.6. The number of halogens is 1. The van der Waals surface area contributed by atoms with Crippen LogP contribution in [-0.4, -0.2) is 25.5 Å². The second-order valence-corrected chi connectivity index (χ2v) is 8.80. The molecule has 4 aromatic rings. The third kappa shape index (κ3) is 5.85. The summed E-state index contributed by atoms with van der Waals surface area (Å²) in [4.78, 5) is 12.5. The van der Waals surface area contributed by atoms with Crippen molar-refractivity contribution in [3.63, 3.8) is 0 Å². The number of carbonyl (C=O) groups is 1. The molecule has 8 heteroatoms.